The van der Waals surface area contributed by atoms with E-state index < -0.39 is 0 Å². The number of benzene rings is 1. The Hall–Kier alpha value is -0.780. The summed E-state index contributed by atoms with van der Waals surface area (Å²) < 4.78 is 0. The molecule has 3 atom stereocenters. The van der Waals surface area contributed by atoms with Crippen molar-refractivity contribution in [1.82, 2.24) is 0 Å². The second-order valence-corrected chi connectivity index (χ2v) is 5.59. The van der Waals surface area contributed by atoms with Crippen LogP contribution in [0.4, 0.5) is 0 Å². The Morgan fingerprint density at radius 1 is 1.00 bits per heavy atom. The van der Waals surface area contributed by atoms with Gasteiger partial charge in [-0.25, -0.2) is 0 Å². The molecule has 0 amide bonds. The molecule has 0 heterocycles. The zero-order valence-electron chi connectivity index (χ0n) is 9.79. The SMILES string of the molecule is Cc1cccc(C)c1[C@@H]1C[C@H]2CC[C@@H]1C2. The van der Waals surface area contributed by atoms with Crippen LogP contribution in [-0.4, -0.2) is 0 Å². The fourth-order valence-electron chi connectivity index (χ4n) is 4.01. The Balaban J connectivity index is 1.99. The van der Waals surface area contributed by atoms with Crippen LogP contribution in [0.3, 0.4) is 0 Å². The van der Waals surface area contributed by atoms with E-state index in [1.54, 1.807) is 5.56 Å². The Labute approximate surface area is 92.7 Å². The van der Waals surface area contributed by atoms with Gasteiger partial charge in [0.1, 0.15) is 0 Å². The van der Waals surface area contributed by atoms with Gasteiger partial charge in [-0.2, -0.15) is 0 Å². The number of hydrogen-bond donors (Lipinski definition) is 0. The van der Waals surface area contributed by atoms with Crippen molar-refractivity contribution < 1.29 is 0 Å². The molecule has 2 aliphatic carbocycles. The third-order valence-corrected chi connectivity index (χ3v) is 4.65. The maximum Gasteiger partial charge on any atom is -0.0126 e. The molecule has 0 nitrogen and oxygen atoms in total. The van der Waals surface area contributed by atoms with Crippen molar-refractivity contribution in [2.45, 2.75) is 45.4 Å². The summed E-state index contributed by atoms with van der Waals surface area (Å²) in [6, 6.07) is 6.77. The first-order valence-corrected chi connectivity index (χ1v) is 6.32. The van der Waals surface area contributed by atoms with Crippen molar-refractivity contribution >= 4 is 0 Å². The van der Waals surface area contributed by atoms with E-state index in [2.05, 4.69) is 32.0 Å². The topological polar surface area (TPSA) is 0 Å². The lowest BCUT2D eigenvalue weighted by Gasteiger charge is -2.25. The first-order valence-electron chi connectivity index (χ1n) is 6.32. The Morgan fingerprint density at radius 2 is 1.73 bits per heavy atom. The zero-order chi connectivity index (χ0) is 10.4. The second-order valence-electron chi connectivity index (χ2n) is 5.59. The standard InChI is InChI=1S/C15H20/c1-10-4-3-5-11(2)15(10)14-9-12-6-7-13(14)8-12/h3-5,12-14H,6-9H2,1-2H3/t12-,13+,14+/m0/s1. The molecule has 80 valence electrons. The summed E-state index contributed by atoms with van der Waals surface area (Å²) in [4.78, 5) is 0. The highest BCUT2D eigenvalue weighted by molar-refractivity contribution is 5.38. The lowest BCUT2D eigenvalue weighted by atomic mass is 9.80. The predicted molar refractivity (Wildman–Crippen MR) is 64.1 cm³/mol. The van der Waals surface area contributed by atoms with Gasteiger partial charge in [0, 0.05) is 0 Å². The van der Waals surface area contributed by atoms with Gasteiger partial charge in [0.2, 0.25) is 0 Å². The van der Waals surface area contributed by atoms with E-state index in [4.69, 9.17) is 0 Å². The highest BCUT2D eigenvalue weighted by Gasteiger charge is 2.40. The average Bonchev–Trinajstić information content (AvgIpc) is 2.79. The minimum absolute atomic E-state index is 0.893. The summed E-state index contributed by atoms with van der Waals surface area (Å²) in [6.07, 6.45) is 5.98. The van der Waals surface area contributed by atoms with Gasteiger partial charge in [0.05, 0.1) is 0 Å². The van der Waals surface area contributed by atoms with Crippen LogP contribution in [0.15, 0.2) is 18.2 Å². The van der Waals surface area contributed by atoms with Crippen molar-refractivity contribution in [3.8, 4) is 0 Å². The number of hydrogen-bond acceptors (Lipinski definition) is 0. The van der Waals surface area contributed by atoms with Crippen molar-refractivity contribution in [2.24, 2.45) is 11.8 Å². The molecule has 0 N–H and O–H groups in total. The van der Waals surface area contributed by atoms with E-state index in [1.807, 2.05) is 0 Å². The van der Waals surface area contributed by atoms with E-state index in [9.17, 15) is 0 Å². The maximum absolute atomic E-state index is 2.29. The molecule has 2 saturated carbocycles. The van der Waals surface area contributed by atoms with Crippen LogP contribution < -0.4 is 0 Å². The molecule has 0 spiro atoms. The molecule has 2 aliphatic rings. The van der Waals surface area contributed by atoms with Crippen molar-refractivity contribution in [3.63, 3.8) is 0 Å². The molecule has 1 aromatic carbocycles. The average molecular weight is 200 g/mol. The third kappa shape index (κ3) is 1.42. The largest absolute Gasteiger partial charge is 0.0617 e. The molecule has 0 unspecified atom stereocenters. The molecular weight excluding hydrogens is 180 g/mol. The van der Waals surface area contributed by atoms with Crippen molar-refractivity contribution in [3.05, 3.63) is 34.9 Å². The predicted octanol–water partition coefficient (Wildman–Crippen LogP) is 4.21. The van der Waals surface area contributed by atoms with Crippen molar-refractivity contribution in [1.29, 1.82) is 0 Å². The quantitative estimate of drug-likeness (QED) is 0.637. The fourth-order valence-corrected chi connectivity index (χ4v) is 4.01. The molecule has 15 heavy (non-hydrogen) atoms. The number of aryl methyl sites for hydroxylation is 2. The van der Waals surface area contributed by atoms with Crippen molar-refractivity contribution in [2.75, 3.05) is 0 Å². The molecule has 3 rings (SSSR count). The van der Waals surface area contributed by atoms with Gasteiger partial charge in [-0.15, -0.1) is 0 Å². The first-order chi connectivity index (χ1) is 7.25. The molecule has 0 aromatic heterocycles. The highest BCUT2D eigenvalue weighted by atomic mass is 14.5. The van der Waals surface area contributed by atoms with Crippen LogP contribution in [0.2, 0.25) is 0 Å². The van der Waals surface area contributed by atoms with E-state index in [-0.39, 0.29) is 0 Å². The molecule has 0 aliphatic heterocycles. The van der Waals surface area contributed by atoms with Gasteiger partial charge >= 0.3 is 0 Å². The molecule has 1 aromatic rings. The Kier molecular flexibility index (Phi) is 2.12. The third-order valence-electron chi connectivity index (χ3n) is 4.65. The van der Waals surface area contributed by atoms with Crippen LogP contribution in [-0.2, 0) is 0 Å². The molecule has 0 heteroatoms. The minimum Gasteiger partial charge on any atom is -0.0617 e. The Bertz CT molecular complexity index is 357. The molecule has 2 bridgehead atoms. The molecular formula is C15H20. The van der Waals surface area contributed by atoms with Gasteiger partial charge in [-0.3, -0.25) is 0 Å². The first kappa shape index (κ1) is 9.45. The smallest absolute Gasteiger partial charge is 0.0126 e. The van der Waals surface area contributed by atoms with Crippen LogP contribution in [0, 0.1) is 25.7 Å². The summed E-state index contributed by atoms with van der Waals surface area (Å²) in [5.41, 5.74) is 4.73. The highest BCUT2D eigenvalue weighted by Crippen LogP contribution is 2.53. The molecule has 2 fully saturated rings. The van der Waals surface area contributed by atoms with Crippen LogP contribution in [0.25, 0.3) is 0 Å². The van der Waals surface area contributed by atoms with Gasteiger partial charge in [0.15, 0.2) is 0 Å². The number of fused-ring (bicyclic) bond motifs is 2. The number of rotatable bonds is 1. The summed E-state index contributed by atoms with van der Waals surface area (Å²) in [5, 5.41) is 0. The monoisotopic (exact) mass is 200 g/mol. The fraction of sp³-hybridized carbons (Fsp3) is 0.600. The summed E-state index contributed by atoms with van der Waals surface area (Å²) in [5.74, 6) is 2.96. The Morgan fingerprint density at radius 3 is 2.27 bits per heavy atom. The van der Waals surface area contributed by atoms with E-state index >= 15 is 0 Å². The van der Waals surface area contributed by atoms with E-state index in [0.29, 0.717) is 0 Å². The molecule has 0 saturated heterocycles. The van der Waals surface area contributed by atoms with Crippen LogP contribution >= 0.6 is 0 Å². The summed E-state index contributed by atoms with van der Waals surface area (Å²) >= 11 is 0. The van der Waals surface area contributed by atoms with Crippen LogP contribution in [0.1, 0.15) is 48.3 Å². The van der Waals surface area contributed by atoms with Gasteiger partial charge in [-0.05, 0) is 67.6 Å². The zero-order valence-corrected chi connectivity index (χ0v) is 9.79. The van der Waals surface area contributed by atoms with E-state index in [0.717, 1.165) is 17.8 Å². The maximum atomic E-state index is 2.29. The minimum atomic E-state index is 0.893. The van der Waals surface area contributed by atoms with Crippen LogP contribution in [0.5, 0.6) is 0 Å². The normalized spacial score (nSPS) is 33.6. The summed E-state index contributed by atoms with van der Waals surface area (Å²) in [7, 11) is 0. The van der Waals surface area contributed by atoms with Gasteiger partial charge < -0.3 is 0 Å². The summed E-state index contributed by atoms with van der Waals surface area (Å²) in [6.45, 7) is 4.57. The van der Waals surface area contributed by atoms with E-state index in [1.165, 1.54) is 36.8 Å². The lowest BCUT2D eigenvalue weighted by Crippen LogP contribution is -2.11. The lowest BCUT2D eigenvalue weighted by molar-refractivity contribution is 0.417. The van der Waals surface area contributed by atoms with Gasteiger partial charge in [0.25, 0.3) is 0 Å². The second kappa shape index (κ2) is 3.37. The molecule has 0 radical (unpaired) electrons. The van der Waals surface area contributed by atoms with Gasteiger partial charge in [-0.1, -0.05) is 24.6 Å².